The van der Waals surface area contributed by atoms with Gasteiger partial charge in [-0.05, 0) is 72.0 Å². The van der Waals surface area contributed by atoms with E-state index in [0.29, 0.717) is 5.92 Å². The molecule has 0 bridgehead atoms. The molecule has 0 aromatic heterocycles. The van der Waals surface area contributed by atoms with Crippen molar-refractivity contribution < 1.29 is 4.39 Å². The fraction of sp³-hybridized carbons (Fsp3) is 0.375. The first-order chi connectivity index (χ1) is 14.7. The van der Waals surface area contributed by atoms with Gasteiger partial charge in [-0.3, -0.25) is 4.72 Å². The second-order valence-corrected chi connectivity index (χ2v) is 9.12. The molecule has 1 aliphatic heterocycles. The van der Waals surface area contributed by atoms with Crippen molar-refractivity contribution in [1.29, 1.82) is 5.26 Å². The van der Waals surface area contributed by atoms with Crippen LogP contribution in [0.2, 0.25) is 0 Å². The maximum Gasteiger partial charge on any atom is 0.140 e. The van der Waals surface area contributed by atoms with Gasteiger partial charge in [-0.25, -0.2) is 4.39 Å². The molecule has 1 heterocycles. The number of halogens is 1. The summed E-state index contributed by atoms with van der Waals surface area (Å²) in [5.41, 5.74) is 5.37. The van der Waals surface area contributed by atoms with Gasteiger partial charge < -0.3 is 10.6 Å². The third-order valence-electron chi connectivity index (χ3n) is 5.67. The number of anilines is 1. The molecule has 1 atom stereocenters. The lowest BCUT2D eigenvalue weighted by Gasteiger charge is -2.22. The largest absolute Gasteiger partial charge is 0.387 e. The van der Waals surface area contributed by atoms with E-state index in [9.17, 15) is 9.65 Å². The predicted octanol–water partition coefficient (Wildman–Crippen LogP) is 5.28. The maximum atomic E-state index is 13.8. The van der Waals surface area contributed by atoms with Crippen molar-refractivity contribution in [1.82, 2.24) is 10.0 Å². The van der Waals surface area contributed by atoms with Gasteiger partial charge in [0.1, 0.15) is 11.9 Å². The van der Waals surface area contributed by atoms with Crippen LogP contribution in [-0.2, 0) is 6.54 Å². The molecular weight excluding hydrogens is 395 g/mol. The molecule has 156 valence electrons. The molecule has 1 fully saturated rings. The Labute approximate surface area is 182 Å². The number of nitrogens with zero attached hydrogens (tertiary/aromatic N) is 1. The maximum absolute atomic E-state index is 13.8. The normalized spacial score (nSPS) is 15.8. The summed E-state index contributed by atoms with van der Waals surface area (Å²) < 4.78 is 17.3. The van der Waals surface area contributed by atoms with Crippen LogP contribution in [0.1, 0.15) is 42.9 Å². The average molecular weight is 423 g/mol. The van der Waals surface area contributed by atoms with Crippen molar-refractivity contribution in [2.75, 3.05) is 18.4 Å². The van der Waals surface area contributed by atoms with E-state index in [1.54, 1.807) is 12.1 Å². The molecule has 0 amide bonds. The Morgan fingerprint density at radius 3 is 2.87 bits per heavy atom. The highest BCUT2D eigenvalue weighted by atomic mass is 32.2. The summed E-state index contributed by atoms with van der Waals surface area (Å²) in [6, 6.07) is 10.9. The second kappa shape index (κ2) is 9.55. The number of nitriles is 1. The molecule has 6 heteroatoms. The Balaban J connectivity index is 1.55. The van der Waals surface area contributed by atoms with Gasteiger partial charge in [-0.2, -0.15) is 5.26 Å². The van der Waals surface area contributed by atoms with Crippen LogP contribution in [0.4, 0.5) is 10.1 Å². The van der Waals surface area contributed by atoms with Crippen LogP contribution in [0.5, 0.6) is 0 Å². The van der Waals surface area contributed by atoms with Crippen molar-refractivity contribution in [2.24, 2.45) is 5.92 Å². The van der Waals surface area contributed by atoms with E-state index >= 15 is 0 Å². The lowest BCUT2D eigenvalue weighted by Crippen LogP contribution is -2.25. The summed E-state index contributed by atoms with van der Waals surface area (Å²) in [6.07, 6.45) is 7.80. The van der Waals surface area contributed by atoms with Gasteiger partial charge in [0.05, 0.1) is 5.56 Å². The van der Waals surface area contributed by atoms with Crippen molar-refractivity contribution >= 4 is 23.7 Å². The Kier molecular flexibility index (Phi) is 6.61. The van der Waals surface area contributed by atoms with Crippen LogP contribution in [-0.4, -0.2) is 18.3 Å². The molecule has 4 rings (SSSR count). The van der Waals surface area contributed by atoms with Crippen molar-refractivity contribution in [3.05, 3.63) is 59.0 Å². The smallest absolute Gasteiger partial charge is 0.140 e. The molecule has 0 saturated heterocycles. The highest BCUT2D eigenvalue weighted by Gasteiger charge is 2.22. The van der Waals surface area contributed by atoms with Gasteiger partial charge in [0.25, 0.3) is 0 Å². The highest BCUT2D eigenvalue weighted by Crippen LogP contribution is 2.33. The van der Waals surface area contributed by atoms with Crippen molar-refractivity contribution in [3.63, 3.8) is 0 Å². The summed E-state index contributed by atoms with van der Waals surface area (Å²) in [5.74, 6) is 0.0580. The average Bonchev–Trinajstić information content (AvgIpc) is 3.60. The Hall–Kier alpha value is -2.49. The molecule has 0 spiro atoms. The molecular formula is C24H27FN4S. The summed E-state index contributed by atoms with van der Waals surface area (Å²) in [5, 5.41) is 17.0. The summed E-state index contributed by atoms with van der Waals surface area (Å²) in [7, 11) is 0. The second-order valence-electron chi connectivity index (χ2n) is 7.93. The standard InChI is InChI=1S/C24H27FN4S/c1-2-16(14-29-30-21-4-5-21)13-28-24-11-19(10-18-7-8-27-15-22(18)24)17-3-6-23(25)20(9-17)12-26/h3,6-11,16,21,27-29H,2,4-5,13-15H2,1H3. The molecule has 2 aromatic carbocycles. The molecule has 3 N–H and O–H groups in total. The molecule has 30 heavy (non-hydrogen) atoms. The molecule has 4 nitrogen and oxygen atoms in total. The van der Waals surface area contributed by atoms with Crippen LogP contribution in [0.25, 0.3) is 17.2 Å². The van der Waals surface area contributed by atoms with Crippen LogP contribution in [0.3, 0.4) is 0 Å². The minimum atomic E-state index is -0.482. The van der Waals surface area contributed by atoms with Gasteiger partial charge in [-0.15, -0.1) is 0 Å². The fourth-order valence-corrected chi connectivity index (χ4v) is 4.49. The fourth-order valence-electron chi connectivity index (χ4n) is 3.55. The summed E-state index contributed by atoms with van der Waals surface area (Å²) in [4.78, 5) is 0. The minimum absolute atomic E-state index is 0.0715. The van der Waals surface area contributed by atoms with E-state index in [4.69, 9.17) is 0 Å². The summed E-state index contributed by atoms with van der Waals surface area (Å²) in [6.45, 7) is 4.89. The first-order valence-electron chi connectivity index (χ1n) is 10.6. The third-order valence-corrected chi connectivity index (χ3v) is 6.81. The van der Waals surface area contributed by atoms with E-state index in [1.165, 1.54) is 24.5 Å². The summed E-state index contributed by atoms with van der Waals surface area (Å²) >= 11 is 1.88. The third kappa shape index (κ3) is 4.97. The topological polar surface area (TPSA) is 59.9 Å². The quantitative estimate of drug-likeness (QED) is 0.480. The lowest BCUT2D eigenvalue weighted by atomic mass is 9.94. The SMILES string of the molecule is CCC(CNSC1CC1)CNc1cc(-c2ccc(F)c(C#N)c2)cc2c1CNC=C2. The number of rotatable bonds is 9. The van der Waals surface area contributed by atoms with E-state index in [-0.39, 0.29) is 5.56 Å². The van der Waals surface area contributed by atoms with Crippen molar-refractivity contribution in [2.45, 2.75) is 38.0 Å². The molecule has 2 aromatic rings. The van der Waals surface area contributed by atoms with E-state index in [0.717, 1.165) is 53.7 Å². The Morgan fingerprint density at radius 2 is 2.10 bits per heavy atom. The van der Waals surface area contributed by atoms with E-state index < -0.39 is 5.82 Å². The van der Waals surface area contributed by atoms with E-state index in [2.05, 4.69) is 40.5 Å². The predicted molar refractivity (Wildman–Crippen MR) is 123 cm³/mol. The van der Waals surface area contributed by atoms with Gasteiger partial charge >= 0.3 is 0 Å². The zero-order valence-electron chi connectivity index (χ0n) is 17.2. The van der Waals surface area contributed by atoms with Crippen LogP contribution in [0, 0.1) is 23.1 Å². The minimum Gasteiger partial charge on any atom is -0.387 e. The lowest BCUT2D eigenvalue weighted by molar-refractivity contribution is 0.533. The molecule has 2 aliphatic rings. The van der Waals surface area contributed by atoms with Crippen LogP contribution >= 0.6 is 11.9 Å². The highest BCUT2D eigenvalue weighted by molar-refractivity contribution is 7.98. The van der Waals surface area contributed by atoms with Crippen LogP contribution < -0.4 is 15.4 Å². The molecule has 1 unspecified atom stereocenters. The molecule has 1 aliphatic carbocycles. The van der Waals surface area contributed by atoms with Gasteiger partial charge in [0.15, 0.2) is 0 Å². The number of fused-ring (bicyclic) bond motifs is 1. The molecule has 1 saturated carbocycles. The first-order valence-corrected chi connectivity index (χ1v) is 11.4. The van der Waals surface area contributed by atoms with Crippen LogP contribution in [0.15, 0.2) is 36.5 Å². The monoisotopic (exact) mass is 422 g/mol. The number of hydrogen-bond acceptors (Lipinski definition) is 5. The van der Waals surface area contributed by atoms with Gasteiger partial charge in [0, 0.05) is 36.1 Å². The zero-order valence-corrected chi connectivity index (χ0v) is 18.0. The number of hydrogen-bond donors (Lipinski definition) is 3. The van der Waals surface area contributed by atoms with E-state index in [1.807, 2.05) is 24.2 Å². The van der Waals surface area contributed by atoms with Gasteiger partial charge in [0.2, 0.25) is 0 Å². The number of nitrogens with one attached hydrogen (secondary N) is 3. The van der Waals surface area contributed by atoms with Gasteiger partial charge in [-0.1, -0.05) is 31.4 Å². The first kappa shape index (κ1) is 20.8. The zero-order chi connectivity index (χ0) is 20.9. The number of benzene rings is 2. The Morgan fingerprint density at radius 1 is 1.23 bits per heavy atom. The molecule has 0 radical (unpaired) electrons. The van der Waals surface area contributed by atoms with Crippen molar-refractivity contribution in [3.8, 4) is 17.2 Å². The Bertz CT molecular complexity index is 978.